The first-order valence-electron chi connectivity index (χ1n) is 8.67. The summed E-state index contributed by atoms with van der Waals surface area (Å²) in [6, 6.07) is 11.1. The van der Waals surface area contributed by atoms with E-state index in [1.807, 2.05) is 47.2 Å². The van der Waals surface area contributed by atoms with E-state index in [1.54, 1.807) is 27.4 Å². The molecule has 27 heavy (non-hydrogen) atoms. The molecule has 1 aromatic heterocycles. The summed E-state index contributed by atoms with van der Waals surface area (Å²) in [5.41, 5.74) is 2.13. The molecule has 2 aromatic carbocycles. The van der Waals surface area contributed by atoms with Crippen LogP contribution in [-0.2, 0) is 6.54 Å². The van der Waals surface area contributed by atoms with Crippen molar-refractivity contribution in [1.82, 2.24) is 4.57 Å². The van der Waals surface area contributed by atoms with Crippen LogP contribution in [0.15, 0.2) is 60.0 Å². The monoisotopic (exact) mass is 365 g/mol. The summed E-state index contributed by atoms with van der Waals surface area (Å²) in [4.78, 5) is 13.3. The quantitative estimate of drug-likeness (QED) is 0.587. The first kappa shape index (κ1) is 18.6. The highest BCUT2D eigenvalue weighted by Gasteiger charge is 2.16. The van der Waals surface area contributed by atoms with Crippen molar-refractivity contribution in [1.29, 1.82) is 0 Å². The lowest BCUT2D eigenvalue weighted by Crippen LogP contribution is -2.13. The van der Waals surface area contributed by atoms with Crippen molar-refractivity contribution in [3.63, 3.8) is 0 Å². The molecule has 0 N–H and O–H groups in total. The number of allylic oxidation sites excluding steroid dienone is 1. The smallest absolute Gasteiger partial charge is 0.200 e. The van der Waals surface area contributed by atoms with Crippen molar-refractivity contribution in [2.24, 2.45) is 0 Å². The molecular formula is C22H23NO4. The fraction of sp³-hybridized carbons (Fsp3) is 0.227. The number of ether oxygens (including phenoxy) is 3. The van der Waals surface area contributed by atoms with Gasteiger partial charge in [-0.25, -0.2) is 0 Å². The fourth-order valence-electron chi connectivity index (χ4n) is 3.12. The number of aryl methyl sites for hydroxylation is 1. The largest absolute Gasteiger partial charge is 0.497 e. The van der Waals surface area contributed by atoms with Gasteiger partial charge in [-0.2, -0.15) is 0 Å². The van der Waals surface area contributed by atoms with Crippen LogP contribution in [0.5, 0.6) is 17.2 Å². The zero-order valence-corrected chi connectivity index (χ0v) is 15.8. The molecule has 5 nitrogen and oxygen atoms in total. The van der Waals surface area contributed by atoms with Crippen LogP contribution in [-0.4, -0.2) is 25.9 Å². The van der Waals surface area contributed by atoms with E-state index in [1.165, 1.54) is 0 Å². The van der Waals surface area contributed by atoms with Crippen LogP contribution in [0.2, 0.25) is 0 Å². The van der Waals surface area contributed by atoms with Crippen molar-refractivity contribution in [3.05, 3.63) is 65.5 Å². The Morgan fingerprint density at radius 3 is 2.30 bits per heavy atom. The molecule has 0 unspecified atom stereocenters. The number of benzene rings is 2. The van der Waals surface area contributed by atoms with Crippen LogP contribution in [0.3, 0.4) is 0 Å². The van der Waals surface area contributed by atoms with Crippen molar-refractivity contribution >= 4 is 10.9 Å². The number of hydrogen-bond acceptors (Lipinski definition) is 4. The molecule has 0 amide bonds. The average molecular weight is 365 g/mol. The van der Waals surface area contributed by atoms with Gasteiger partial charge < -0.3 is 18.8 Å². The number of fused-ring (bicyclic) bond motifs is 1. The van der Waals surface area contributed by atoms with Crippen LogP contribution < -0.4 is 19.6 Å². The molecule has 0 radical (unpaired) electrons. The third-order valence-electron chi connectivity index (χ3n) is 4.55. The van der Waals surface area contributed by atoms with E-state index >= 15 is 0 Å². The van der Waals surface area contributed by atoms with Crippen LogP contribution in [0.4, 0.5) is 0 Å². The van der Waals surface area contributed by atoms with E-state index in [2.05, 4.69) is 6.58 Å². The number of methoxy groups -OCH3 is 3. The number of rotatable bonds is 7. The van der Waals surface area contributed by atoms with E-state index in [4.69, 9.17) is 14.2 Å². The predicted octanol–water partition coefficient (Wildman–Crippen LogP) is 4.27. The fourth-order valence-corrected chi connectivity index (χ4v) is 3.12. The lowest BCUT2D eigenvalue weighted by atomic mass is 10.0. The summed E-state index contributed by atoms with van der Waals surface area (Å²) in [5, 5.41) is 0.538. The summed E-state index contributed by atoms with van der Waals surface area (Å²) in [7, 11) is 4.77. The Morgan fingerprint density at radius 1 is 1.00 bits per heavy atom. The molecule has 0 fully saturated rings. The molecule has 0 bridgehead atoms. The second-order valence-electron chi connectivity index (χ2n) is 6.09. The number of hydrogen-bond donors (Lipinski definition) is 0. The molecule has 0 spiro atoms. The molecular weight excluding hydrogens is 342 g/mol. The zero-order chi connectivity index (χ0) is 19.4. The minimum Gasteiger partial charge on any atom is -0.497 e. The topological polar surface area (TPSA) is 49.7 Å². The maximum atomic E-state index is 13.3. The second-order valence-corrected chi connectivity index (χ2v) is 6.09. The Labute approximate surface area is 158 Å². The van der Waals surface area contributed by atoms with E-state index in [0.717, 1.165) is 23.3 Å². The molecule has 1 heterocycles. The average Bonchev–Trinajstić information content (AvgIpc) is 2.72. The summed E-state index contributed by atoms with van der Waals surface area (Å²) < 4.78 is 18.1. The standard InChI is InChI=1S/C22H23NO4/c1-5-6-11-23-14-18(15-7-9-16(25-2)10-8-15)22(24)21-19(23)12-17(26-3)13-20(21)27-4/h5,7-10,12-14H,1,6,11H2,2-4H3. The second kappa shape index (κ2) is 7.99. The highest BCUT2D eigenvalue weighted by molar-refractivity contribution is 5.90. The van der Waals surface area contributed by atoms with Gasteiger partial charge in [0.05, 0.1) is 32.2 Å². The number of pyridine rings is 1. The third kappa shape index (κ3) is 3.53. The molecule has 3 rings (SSSR count). The first-order valence-corrected chi connectivity index (χ1v) is 8.67. The van der Waals surface area contributed by atoms with Gasteiger partial charge in [-0.3, -0.25) is 4.79 Å². The maximum absolute atomic E-state index is 13.3. The van der Waals surface area contributed by atoms with Gasteiger partial charge in [-0.15, -0.1) is 6.58 Å². The Hall–Kier alpha value is -3.21. The minimum absolute atomic E-state index is 0.0791. The molecule has 0 aliphatic heterocycles. The van der Waals surface area contributed by atoms with Crippen molar-refractivity contribution in [3.8, 4) is 28.4 Å². The Balaban J connectivity index is 2.32. The van der Waals surface area contributed by atoms with E-state index in [0.29, 0.717) is 29.0 Å². The van der Waals surface area contributed by atoms with Crippen molar-refractivity contribution in [2.45, 2.75) is 13.0 Å². The number of nitrogens with zero attached hydrogens (tertiary/aromatic N) is 1. The molecule has 140 valence electrons. The molecule has 0 saturated carbocycles. The Kier molecular flexibility index (Phi) is 5.50. The van der Waals surface area contributed by atoms with Gasteiger partial charge in [0.2, 0.25) is 5.43 Å². The third-order valence-corrected chi connectivity index (χ3v) is 4.55. The Morgan fingerprint density at radius 2 is 1.70 bits per heavy atom. The molecule has 0 atom stereocenters. The maximum Gasteiger partial charge on any atom is 0.200 e. The summed E-state index contributed by atoms with van der Waals surface area (Å²) in [5.74, 6) is 1.88. The van der Waals surface area contributed by atoms with E-state index in [9.17, 15) is 4.79 Å². The van der Waals surface area contributed by atoms with Gasteiger partial charge in [0.15, 0.2) is 0 Å². The highest BCUT2D eigenvalue weighted by Crippen LogP contribution is 2.31. The van der Waals surface area contributed by atoms with Gasteiger partial charge in [-0.05, 0) is 24.1 Å². The summed E-state index contributed by atoms with van der Waals surface area (Å²) >= 11 is 0. The van der Waals surface area contributed by atoms with E-state index < -0.39 is 0 Å². The lowest BCUT2D eigenvalue weighted by Gasteiger charge is -2.16. The van der Waals surface area contributed by atoms with Crippen LogP contribution >= 0.6 is 0 Å². The molecule has 5 heteroatoms. The van der Waals surface area contributed by atoms with Gasteiger partial charge in [0.25, 0.3) is 0 Å². The Bertz CT molecular complexity index is 1020. The van der Waals surface area contributed by atoms with E-state index in [-0.39, 0.29) is 5.43 Å². The highest BCUT2D eigenvalue weighted by atomic mass is 16.5. The molecule has 0 aliphatic rings. The lowest BCUT2D eigenvalue weighted by molar-refractivity contribution is 0.397. The molecule has 3 aromatic rings. The van der Waals surface area contributed by atoms with Gasteiger partial charge in [0, 0.05) is 30.4 Å². The normalized spacial score (nSPS) is 10.6. The summed E-state index contributed by atoms with van der Waals surface area (Å²) in [6.45, 7) is 4.50. The van der Waals surface area contributed by atoms with Crippen LogP contribution in [0.1, 0.15) is 6.42 Å². The predicted molar refractivity (Wildman–Crippen MR) is 108 cm³/mol. The molecule has 0 aliphatic carbocycles. The van der Waals surface area contributed by atoms with Crippen LogP contribution in [0, 0.1) is 0 Å². The minimum atomic E-state index is -0.0791. The van der Waals surface area contributed by atoms with Crippen molar-refractivity contribution < 1.29 is 14.2 Å². The van der Waals surface area contributed by atoms with Gasteiger partial charge >= 0.3 is 0 Å². The molecule has 0 saturated heterocycles. The van der Waals surface area contributed by atoms with Crippen molar-refractivity contribution in [2.75, 3.05) is 21.3 Å². The number of aromatic nitrogens is 1. The zero-order valence-electron chi connectivity index (χ0n) is 15.8. The van der Waals surface area contributed by atoms with Gasteiger partial charge in [-0.1, -0.05) is 18.2 Å². The van der Waals surface area contributed by atoms with Gasteiger partial charge in [0.1, 0.15) is 17.2 Å². The summed E-state index contributed by atoms with van der Waals surface area (Å²) in [6.07, 6.45) is 4.52. The SMILES string of the molecule is C=CCCn1cc(-c2ccc(OC)cc2)c(=O)c2c(OC)cc(OC)cc21. The van der Waals surface area contributed by atoms with Crippen LogP contribution in [0.25, 0.3) is 22.0 Å². The first-order chi connectivity index (χ1) is 13.1.